The SMILES string of the molecule is COc1cccc(Br)c1C(=O)C(C)N. The summed E-state index contributed by atoms with van der Waals surface area (Å²) in [7, 11) is 1.53. The standard InChI is InChI=1S/C10H12BrNO2/c1-6(12)10(13)9-7(11)4-3-5-8(9)14-2/h3-6H,12H2,1-2H3. The van der Waals surface area contributed by atoms with E-state index < -0.39 is 6.04 Å². The molecule has 0 aliphatic heterocycles. The molecule has 1 atom stereocenters. The summed E-state index contributed by atoms with van der Waals surface area (Å²) in [5.74, 6) is 0.413. The lowest BCUT2D eigenvalue weighted by molar-refractivity contribution is 0.0964. The Labute approximate surface area is 91.4 Å². The first kappa shape index (κ1) is 11.2. The molecule has 0 saturated carbocycles. The lowest BCUT2D eigenvalue weighted by Crippen LogP contribution is -2.27. The largest absolute Gasteiger partial charge is 0.496 e. The van der Waals surface area contributed by atoms with Gasteiger partial charge in [-0.15, -0.1) is 0 Å². The molecule has 4 heteroatoms. The molecule has 76 valence electrons. The summed E-state index contributed by atoms with van der Waals surface area (Å²) in [4.78, 5) is 11.7. The number of Topliss-reactive ketones (excluding diaryl/α,β-unsaturated/α-hetero) is 1. The Morgan fingerprint density at radius 1 is 1.57 bits per heavy atom. The van der Waals surface area contributed by atoms with Crippen molar-refractivity contribution in [3.8, 4) is 5.75 Å². The zero-order chi connectivity index (χ0) is 10.7. The highest BCUT2D eigenvalue weighted by atomic mass is 79.9. The molecule has 0 fully saturated rings. The second-order valence-electron chi connectivity index (χ2n) is 2.97. The van der Waals surface area contributed by atoms with Crippen molar-refractivity contribution in [2.45, 2.75) is 13.0 Å². The van der Waals surface area contributed by atoms with Crippen molar-refractivity contribution in [3.05, 3.63) is 28.2 Å². The minimum atomic E-state index is -0.525. The van der Waals surface area contributed by atoms with E-state index in [1.165, 1.54) is 7.11 Å². The molecule has 1 rings (SSSR count). The minimum absolute atomic E-state index is 0.130. The summed E-state index contributed by atoms with van der Waals surface area (Å²) in [6, 6.07) is 4.81. The van der Waals surface area contributed by atoms with Crippen molar-refractivity contribution in [1.82, 2.24) is 0 Å². The molecule has 2 N–H and O–H groups in total. The lowest BCUT2D eigenvalue weighted by Gasteiger charge is -2.11. The van der Waals surface area contributed by atoms with Crippen LogP contribution in [-0.2, 0) is 0 Å². The van der Waals surface area contributed by atoms with E-state index in [1.54, 1.807) is 25.1 Å². The van der Waals surface area contributed by atoms with E-state index in [2.05, 4.69) is 15.9 Å². The molecule has 0 saturated heterocycles. The van der Waals surface area contributed by atoms with Gasteiger partial charge < -0.3 is 10.5 Å². The molecular weight excluding hydrogens is 246 g/mol. The summed E-state index contributed by atoms with van der Waals surface area (Å²) in [5.41, 5.74) is 6.04. The Balaban J connectivity index is 3.23. The van der Waals surface area contributed by atoms with Crippen molar-refractivity contribution in [2.75, 3.05) is 7.11 Å². The van der Waals surface area contributed by atoms with Crippen LogP contribution >= 0.6 is 15.9 Å². The van der Waals surface area contributed by atoms with Gasteiger partial charge in [-0.1, -0.05) is 6.07 Å². The predicted octanol–water partition coefficient (Wildman–Crippen LogP) is 1.99. The van der Waals surface area contributed by atoms with Gasteiger partial charge in [0.05, 0.1) is 18.7 Å². The van der Waals surface area contributed by atoms with Crippen molar-refractivity contribution in [1.29, 1.82) is 0 Å². The molecule has 0 aromatic heterocycles. The van der Waals surface area contributed by atoms with Crippen LogP contribution in [0.1, 0.15) is 17.3 Å². The van der Waals surface area contributed by atoms with Crippen molar-refractivity contribution < 1.29 is 9.53 Å². The minimum Gasteiger partial charge on any atom is -0.496 e. The smallest absolute Gasteiger partial charge is 0.184 e. The van der Waals surface area contributed by atoms with E-state index in [4.69, 9.17) is 10.5 Å². The first-order valence-electron chi connectivity index (χ1n) is 4.20. The number of carbonyl (C=O) groups is 1. The molecule has 1 unspecified atom stereocenters. The number of rotatable bonds is 3. The number of halogens is 1. The quantitative estimate of drug-likeness (QED) is 0.843. The molecule has 1 aromatic rings. The Morgan fingerprint density at radius 3 is 2.71 bits per heavy atom. The van der Waals surface area contributed by atoms with Crippen LogP contribution in [0.25, 0.3) is 0 Å². The average molecular weight is 258 g/mol. The van der Waals surface area contributed by atoms with Crippen LogP contribution in [0.15, 0.2) is 22.7 Å². The highest BCUT2D eigenvalue weighted by molar-refractivity contribution is 9.10. The maximum atomic E-state index is 11.7. The monoisotopic (exact) mass is 257 g/mol. The van der Waals surface area contributed by atoms with Gasteiger partial charge in [0.1, 0.15) is 5.75 Å². The molecule has 0 heterocycles. The lowest BCUT2D eigenvalue weighted by atomic mass is 10.1. The predicted molar refractivity (Wildman–Crippen MR) is 58.7 cm³/mol. The number of nitrogens with two attached hydrogens (primary N) is 1. The van der Waals surface area contributed by atoms with Crippen LogP contribution in [0.5, 0.6) is 5.75 Å². The summed E-state index contributed by atoms with van der Waals surface area (Å²) in [6.07, 6.45) is 0. The molecule has 0 aliphatic carbocycles. The maximum Gasteiger partial charge on any atom is 0.184 e. The fourth-order valence-electron chi connectivity index (χ4n) is 1.14. The summed E-state index contributed by atoms with van der Waals surface area (Å²) in [6.45, 7) is 1.65. The van der Waals surface area contributed by atoms with Crippen LogP contribution in [0.4, 0.5) is 0 Å². The highest BCUT2D eigenvalue weighted by Crippen LogP contribution is 2.27. The Morgan fingerprint density at radius 2 is 2.21 bits per heavy atom. The van der Waals surface area contributed by atoms with E-state index in [-0.39, 0.29) is 5.78 Å². The first-order chi connectivity index (χ1) is 6.57. The second kappa shape index (κ2) is 4.57. The van der Waals surface area contributed by atoms with E-state index in [9.17, 15) is 4.79 Å². The van der Waals surface area contributed by atoms with E-state index in [1.807, 2.05) is 0 Å². The van der Waals surface area contributed by atoms with Gasteiger partial charge in [-0.05, 0) is 35.0 Å². The Hall–Kier alpha value is -0.870. The fourth-order valence-corrected chi connectivity index (χ4v) is 1.68. The Bertz CT molecular complexity index is 350. The number of methoxy groups -OCH3 is 1. The third kappa shape index (κ3) is 2.13. The number of benzene rings is 1. The van der Waals surface area contributed by atoms with Crippen molar-refractivity contribution in [2.24, 2.45) is 5.73 Å². The van der Waals surface area contributed by atoms with Gasteiger partial charge in [0.2, 0.25) is 0 Å². The van der Waals surface area contributed by atoms with Gasteiger partial charge in [-0.3, -0.25) is 4.79 Å². The highest BCUT2D eigenvalue weighted by Gasteiger charge is 2.18. The van der Waals surface area contributed by atoms with Crippen LogP contribution in [0.2, 0.25) is 0 Å². The third-order valence-electron chi connectivity index (χ3n) is 1.86. The van der Waals surface area contributed by atoms with Gasteiger partial charge >= 0.3 is 0 Å². The number of ketones is 1. The van der Waals surface area contributed by atoms with Gasteiger partial charge in [-0.25, -0.2) is 0 Å². The molecule has 0 radical (unpaired) electrons. The van der Waals surface area contributed by atoms with E-state index in [0.717, 1.165) is 0 Å². The second-order valence-corrected chi connectivity index (χ2v) is 3.82. The fraction of sp³-hybridized carbons (Fsp3) is 0.300. The molecule has 0 bridgehead atoms. The summed E-state index contributed by atoms with van der Waals surface area (Å²) in [5, 5.41) is 0. The number of ether oxygens (including phenoxy) is 1. The number of carbonyl (C=O) groups excluding carboxylic acids is 1. The number of hydrogen-bond donors (Lipinski definition) is 1. The maximum absolute atomic E-state index is 11.7. The summed E-state index contributed by atoms with van der Waals surface area (Å²) >= 11 is 3.30. The normalized spacial score (nSPS) is 12.3. The van der Waals surface area contributed by atoms with Gasteiger partial charge in [0, 0.05) is 4.47 Å². The van der Waals surface area contributed by atoms with Gasteiger partial charge in [0.25, 0.3) is 0 Å². The van der Waals surface area contributed by atoms with Crippen molar-refractivity contribution >= 4 is 21.7 Å². The van der Waals surface area contributed by atoms with Gasteiger partial charge in [0.15, 0.2) is 5.78 Å². The zero-order valence-electron chi connectivity index (χ0n) is 8.08. The van der Waals surface area contributed by atoms with Crippen molar-refractivity contribution in [3.63, 3.8) is 0 Å². The number of hydrogen-bond acceptors (Lipinski definition) is 3. The molecule has 14 heavy (non-hydrogen) atoms. The molecule has 0 spiro atoms. The molecule has 0 aliphatic rings. The molecule has 3 nitrogen and oxygen atoms in total. The van der Waals surface area contributed by atoms with E-state index >= 15 is 0 Å². The summed E-state index contributed by atoms with van der Waals surface area (Å²) < 4.78 is 5.80. The third-order valence-corrected chi connectivity index (χ3v) is 2.52. The topological polar surface area (TPSA) is 52.3 Å². The first-order valence-corrected chi connectivity index (χ1v) is 4.99. The molecule has 1 aromatic carbocycles. The van der Waals surface area contributed by atoms with Gasteiger partial charge in [-0.2, -0.15) is 0 Å². The van der Waals surface area contributed by atoms with Crippen LogP contribution < -0.4 is 10.5 Å². The van der Waals surface area contributed by atoms with Crippen LogP contribution in [0.3, 0.4) is 0 Å². The zero-order valence-corrected chi connectivity index (χ0v) is 9.67. The van der Waals surface area contributed by atoms with Crippen LogP contribution in [-0.4, -0.2) is 18.9 Å². The Kier molecular flexibility index (Phi) is 3.66. The van der Waals surface area contributed by atoms with E-state index in [0.29, 0.717) is 15.8 Å². The molecule has 0 amide bonds. The van der Waals surface area contributed by atoms with Crippen LogP contribution in [0, 0.1) is 0 Å². The molecular formula is C10H12BrNO2. The average Bonchev–Trinajstić information content (AvgIpc) is 2.16.